The van der Waals surface area contributed by atoms with Crippen LogP contribution in [0.3, 0.4) is 0 Å². The molecule has 1 saturated heterocycles. The van der Waals surface area contributed by atoms with Crippen LogP contribution in [-0.4, -0.2) is 38.8 Å². The summed E-state index contributed by atoms with van der Waals surface area (Å²) in [5.74, 6) is 0.553. The predicted octanol–water partition coefficient (Wildman–Crippen LogP) is 3.46. The number of rotatable bonds is 6. The standard InChI is InChI=1S/C21H25ClN2O4S/c1-21(20(25)23-14-16-7-5-8-17(13-16)28-2)11-6-12-24(15-21)29(26,27)19-10-4-3-9-18(19)22/h3-5,7-10,13H,6,11-12,14-15H2,1-2H3,(H,23,25). The molecule has 0 aliphatic carbocycles. The van der Waals surface area contributed by atoms with E-state index in [1.54, 1.807) is 25.3 Å². The summed E-state index contributed by atoms with van der Waals surface area (Å²) in [5.41, 5.74) is 0.100. The molecule has 1 atom stereocenters. The summed E-state index contributed by atoms with van der Waals surface area (Å²) in [7, 11) is -2.18. The normalized spacial score (nSPS) is 20.2. The second kappa shape index (κ2) is 8.73. The molecule has 2 aromatic carbocycles. The summed E-state index contributed by atoms with van der Waals surface area (Å²) >= 11 is 6.11. The van der Waals surface area contributed by atoms with Crippen LogP contribution in [0.4, 0.5) is 0 Å². The van der Waals surface area contributed by atoms with Gasteiger partial charge in [0.15, 0.2) is 0 Å². The van der Waals surface area contributed by atoms with Gasteiger partial charge in [0.2, 0.25) is 15.9 Å². The van der Waals surface area contributed by atoms with Gasteiger partial charge in [0.05, 0.1) is 17.5 Å². The number of carbonyl (C=O) groups excluding carboxylic acids is 1. The second-order valence-electron chi connectivity index (χ2n) is 7.47. The summed E-state index contributed by atoms with van der Waals surface area (Å²) in [6.07, 6.45) is 1.22. The molecule has 1 aliphatic heterocycles. The molecule has 0 saturated carbocycles. The van der Waals surface area contributed by atoms with Crippen molar-refractivity contribution in [2.45, 2.75) is 31.2 Å². The Morgan fingerprint density at radius 2 is 2.00 bits per heavy atom. The summed E-state index contributed by atoms with van der Waals surface area (Å²) in [6.45, 7) is 2.64. The maximum absolute atomic E-state index is 13.1. The number of sulfonamides is 1. The number of nitrogens with one attached hydrogen (secondary N) is 1. The number of carbonyl (C=O) groups is 1. The van der Waals surface area contributed by atoms with Crippen molar-refractivity contribution in [2.24, 2.45) is 5.41 Å². The van der Waals surface area contributed by atoms with Crippen molar-refractivity contribution in [1.82, 2.24) is 9.62 Å². The van der Waals surface area contributed by atoms with E-state index < -0.39 is 15.4 Å². The van der Waals surface area contributed by atoms with Crippen molar-refractivity contribution in [2.75, 3.05) is 20.2 Å². The molecule has 1 unspecified atom stereocenters. The molecule has 1 amide bonds. The van der Waals surface area contributed by atoms with Gasteiger partial charge < -0.3 is 10.1 Å². The molecule has 1 fully saturated rings. The number of benzene rings is 2. The third kappa shape index (κ3) is 4.74. The van der Waals surface area contributed by atoms with Crippen LogP contribution in [-0.2, 0) is 21.4 Å². The second-order valence-corrected chi connectivity index (χ2v) is 9.78. The average molecular weight is 437 g/mol. The molecule has 2 aromatic rings. The minimum atomic E-state index is -3.77. The van der Waals surface area contributed by atoms with E-state index in [1.165, 1.54) is 10.4 Å². The van der Waals surface area contributed by atoms with Crippen LogP contribution in [0, 0.1) is 5.41 Å². The lowest BCUT2D eigenvalue weighted by atomic mass is 9.82. The molecule has 1 N–H and O–H groups in total. The minimum Gasteiger partial charge on any atom is -0.497 e. The summed E-state index contributed by atoms with van der Waals surface area (Å²) < 4.78 is 32.7. The third-order valence-corrected chi connectivity index (χ3v) is 7.60. The number of piperidine rings is 1. The van der Waals surface area contributed by atoms with Crippen molar-refractivity contribution in [1.29, 1.82) is 0 Å². The van der Waals surface area contributed by atoms with Gasteiger partial charge in [0.25, 0.3) is 0 Å². The number of amides is 1. The van der Waals surface area contributed by atoms with E-state index in [4.69, 9.17) is 16.3 Å². The van der Waals surface area contributed by atoms with Crippen LogP contribution >= 0.6 is 11.6 Å². The zero-order valence-corrected chi connectivity index (χ0v) is 18.1. The molecule has 0 bridgehead atoms. The molecule has 156 valence electrons. The zero-order valence-electron chi connectivity index (χ0n) is 16.5. The SMILES string of the molecule is COc1cccc(CNC(=O)C2(C)CCCN(S(=O)(=O)c3ccccc3Cl)C2)c1. The molecule has 1 aliphatic rings. The Kier molecular flexibility index (Phi) is 6.51. The monoisotopic (exact) mass is 436 g/mol. The molecule has 0 aromatic heterocycles. The highest BCUT2D eigenvalue weighted by atomic mass is 35.5. The zero-order chi connectivity index (χ0) is 21.1. The van der Waals surface area contributed by atoms with Gasteiger partial charge in [0, 0.05) is 19.6 Å². The van der Waals surface area contributed by atoms with Gasteiger partial charge in [-0.2, -0.15) is 4.31 Å². The molecular formula is C21H25ClN2O4S. The fraction of sp³-hybridized carbons (Fsp3) is 0.381. The van der Waals surface area contributed by atoms with E-state index in [2.05, 4.69) is 5.32 Å². The first-order chi connectivity index (χ1) is 13.8. The van der Waals surface area contributed by atoms with Gasteiger partial charge in [-0.25, -0.2) is 8.42 Å². The maximum atomic E-state index is 13.1. The Hall–Kier alpha value is -2.09. The predicted molar refractivity (Wildman–Crippen MR) is 112 cm³/mol. The smallest absolute Gasteiger partial charge is 0.244 e. The highest BCUT2D eigenvalue weighted by Gasteiger charge is 2.42. The lowest BCUT2D eigenvalue weighted by Crippen LogP contribution is -2.51. The van der Waals surface area contributed by atoms with E-state index in [9.17, 15) is 13.2 Å². The Morgan fingerprint density at radius 1 is 1.24 bits per heavy atom. The Balaban J connectivity index is 1.72. The van der Waals surface area contributed by atoms with Crippen molar-refractivity contribution < 1.29 is 17.9 Å². The van der Waals surface area contributed by atoms with Gasteiger partial charge in [0.1, 0.15) is 10.6 Å². The molecule has 6 nitrogen and oxygen atoms in total. The molecule has 29 heavy (non-hydrogen) atoms. The van der Waals surface area contributed by atoms with Gasteiger partial charge in [-0.3, -0.25) is 4.79 Å². The molecular weight excluding hydrogens is 412 g/mol. The Bertz CT molecular complexity index is 996. The van der Waals surface area contributed by atoms with E-state index >= 15 is 0 Å². The number of methoxy groups -OCH3 is 1. The van der Waals surface area contributed by atoms with Crippen LogP contribution in [0.2, 0.25) is 5.02 Å². The molecule has 1 heterocycles. The van der Waals surface area contributed by atoms with Gasteiger partial charge in [-0.15, -0.1) is 0 Å². The van der Waals surface area contributed by atoms with Crippen LogP contribution in [0.25, 0.3) is 0 Å². The summed E-state index contributed by atoms with van der Waals surface area (Å²) in [5, 5.41) is 3.12. The Labute approximate surface area is 176 Å². The Morgan fingerprint density at radius 3 is 2.72 bits per heavy atom. The number of nitrogens with zero attached hydrogens (tertiary/aromatic N) is 1. The van der Waals surface area contributed by atoms with Crippen molar-refractivity contribution >= 4 is 27.5 Å². The highest BCUT2D eigenvalue weighted by Crippen LogP contribution is 2.34. The minimum absolute atomic E-state index is 0.0719. The number of halogens is 1. The van der Waals surface area contributed by atoms with Crippen LogP contribution in [0.5, 0.6) is 5.75 Å². The van der Waals surface area contributed by atoms with E-state index in [0.717, 1.165) is 11.3 Å². The van der Waals surface area contributed by atoms with Gasteiger partial charge >= 0.3 is 0 Å². The first kappa shape index (κ1) is 21.6. The number of ether oxygens (including phenoxy) is 1. The molecule has 0 radical (unpaired) electrons. The van der Waals surface area contributed by atoms with E-state index in [0.29, 0.717) is 25.9 Å². The fourth-order valence-corrected chi connectivity index (χ4v) is 5.65. The number of hydrogen-bond acceptors (Lipinski definition) is 4. The lowest BCUT2D eigenvalue weighted by molar-refractivity contribution is -0.132. The average Bonchev–Trinajstić information content (AvgIpc) is 2.72. The highest BCUT2D eigenvalue weighted by molar-refractivity contribution is 7.89. The van der Waals surface area contributed by atoms with Gasteiger partial charge in [-0.05, 0) is 49.6 Å². The number of hydrogen-bond donors (Lipinski definition) is 1. The van der Waals surface area contributed by atoms with E-state index in [-0.39, 0.29) is 22.4 Å². The summed E-state index contributed by atoms with van der Waals surface area (Å²) in [4.78, 5) is 13.0. The van der Waals surface area contributed by atoms with Crippen LogP contribution in [0.15, 0.2) is 53.4 Å². The largest absolute Gasteiger partial charge is 0.497 e. The fourth-order valence-electron chi connectivity index (χ4n) is 3.55. The van der Waals surface area contributed by atoms with Crippen molar-refractivity contribution in [3.63, 3.8) is 0 Å². The third-order valence-electron chi connectivity index (χ3n) is 5.25. The maximum Gasteiger partial charge on any atom is 0.244 e. The molecule has 8 heteroatoms. The molecule has 3 rings (SSSR count). The van der Waals surface area contributed by atoms with Gasteiger partial charge in [-0.1, -0.05) is 35.9 Å². The first-order valence-electron chi connectivity index (χ1n) is 9.42. The summed E-state index contributed by atoms with van der Waals surface area (Å²) in [6, 6.07) is 13.8. The van der Waals surface area contributed by atoms with Crippen molar-refractivity contribution in [3.05, 3.63) is 59.1 Å². The van der Waals surface area contributed by atoms with E-state index in [1.807, 2.05) is 31.2 Å². The van der Waals surface area contributed by atoms with Crippen LogP contribution in [0.1, 0.15) is 25.3 Å². The topological polar surface area (TPSA) is 75.7 Å². The lowest BCUT2D eigenvalue weighted by Gasteiger charge is -2.38. The first-order valence-corrected chi connectivity index (χ1v) is 11.2. The molecule has 0 spiro atoms. The van der Waals surface area contributed by atoms with Crippen molar-refractivity contribution in [3.8, 4) is 5.75 Å². The quantitative estimate of drug-likeness (QED) is 0.752. The van der Waals surface area contributed by atoms with Crippen LogP contribution < -0.4 is 10.1 Å².